The molecule has 0 atom stereocenters. The van der Waals surface area contributed by atoms with Gasteiger partial charge in [0.15, 0.2) is 0 Å². The Morgan fingerprint density at radius 2 is 1.87 bits per heavy atom. The number of amides is 1. The van der Waals surface area contributed by atoms with E-state index in [2.05, 4.69) is 17.1 Å². The molecule has 2 aromatic carbocycles. The third-order valence-electron chi connectivity index (χ3n) is 5.71. The molecule has 31 heavy (non-hydrogen) atoms. The monoisotopic (exact) mass is 409 g/mol. The number of hydrogen-bond donors (Lipinski definition) is 0. The third kappa shape index (κ3) is 3.75. The molecule has 1 aliphatic heterocycles. The third-order valence-corrected chi connectivity index (χ3v) is 5.71. The molecule has 1 amide bonds. The van der Waals surface area contributed by atoms with Gasteiger partial charge in [0, 0.05) is 36.4 Å². The summed E-state index contributed by atoms with van der Waals surface area (Å²) in [5.41, 5.74) is 5.65. The van der Waals surface area contributed by atoms with Gasteiger partial charge in [-0.25, -0.2) is 4.98 Å². The van der Waals surface area contributed by atoms with Crippen molar-refractivity contribution < 1.29 is 9.53 Å². The summed E-state index contributed by atoms with van der Waals surface area (Å²) < 4.78 is 5.66. The maximum atomic E-state index is 13.7. The molecular weight excluding hydrogens is 386 g/mol. The van der Waals surface area contributed by atoms with Crippen LogP contribution in [-0.4, -0.2) is 33.9 Å². The van der Waals surface area contributed by atoms with Gasteiger partial charge in [-0.1, -0.05) is 24.3 Å². The summed E-state index contributed by atoms with van der Waals surface area (Å²) >= 11 is 0. The number of carbonyl (C=O) groups is 1. The Balaban J connectivity index is 1.53. The van der Waals surface area contributed by atoms with E-state index < -0.39 is 0 Å². The minimum absolute atomic E-state index is 0.0290. The van der Waals surface area contributed by atoms with Gasteiger partial charge in [-0.3, -0.25) is 9.78 Å². The highest BCUT2D eigenvalue weighted by molar-refractivity contribution is 6.07. The Morgan fingerprint density at radius 1 is 1.03 bits per heavy atom. The quantitative estimate of drug-likeness (QED) is 0.481. The van der Waals surface area contributed by atoms with Crippen LogP contribution in [0.4, 0.5) is 0 Å². The van der Waals surface area contributed by atoms with Gasteiger partial charge in [-0.2, -0.15) is 0 Å². The number of ether oxygens (including phenoxy) is 1. The molecule has 0 unspecified atom stereocenters. The van der Waals surface area contributed by atoms with E-state index in [4.69, 9.17) is 9.72 Å². The zero-order valence-electron chi connectivity index (χ0n) is 17.4. The van der Waals surface area contributed by atoms with E-state index in [1.54, 1.807) is 12.4 Å². The standard InChI is InChI=1S/C26H23N3O2/c1-2-31-21-8-7-18-11-14-29(17-20(18)15-21)26(30)23-16-25(19-9-12-27-13-10-19)28-24-6-4-3-5-22(23)24/h3-10,12-13,15-16H,2,11,14,17H2,1H3. The average molecular weight is 409 g/mol. The van der Waals surface area contributed by atoms with Crippen molar-refractivity contribution in [3.63, 3.8) is 0 Å². The minimum Gasteiger partial charge on any atom is -0.494 e. The average Bonchev–Trinajstić information content (AvgIpc) is 2.83. The van der Waals surface area contributed by atoms with E-state index in [1.165, 1.54) is 5.56 Å². The molecule has 0 bridgehead atoms. The molecule has 0 fully saturated rings. The Hall–Kier alpha value is -3.73. The zero-order valence-corrected chi connectivity index (χ0v) is 17.4. The van der Waals surface area contributed by atoms with Gasteiger partial charge in [0.05, 0.1) is 23.4 Å². The number of aromatic nitrogens is 2. The molecule has 0 aliphatic carbocycles. The predicted molar refractivity (Wildman–Crippen MR) is 121 cm³/mol. The summed E-state index contributed by atoms with van der Waals surface area (Å²) in [4.78, 5) is 24.5. The summed E-state index contributed by atoms with van der Waals surface area (Å²) in [5, 5.41) is 0.874. The van der Waals surface area contributed by atoms with Crippen LogP contribution >= 0.6 is 0 Å². The molecule has 154 valence electrons. The van der Waals surface area contributed by atoms with Gasteiger partial charge in [0.1, 0.15) is 5.75 Å². The zero-order chi connectivity index (χ0) is 21.2. The first-order valence-electron chi connectivity index (χ1n) is 10.6. The van der Waals surface area contributed by atoms with Crippen LogP contribution in [0.5, 0.6) is 5.75 Å². The molecule has 2 aromatic heterocycles. The second kappa shape index (κ2) is 8.19. The lowest BCUT2D eigenvalue weighted by Crippen LogP contribution is -2.36. The highest BCUT2D eigenvalue weighted by atomic mass is 16.5. The van der Waals surface area contributed by atoms with Crippen LogP contribution in [0.15, 0.2) is 73.1 Å². The highest BCUT2D eigenvalue weighted by Gasteiger charge is 2.24. The molecule has 0 saturated heterocycles. The fraction of sp³-hybridized carbons (Fsp3) is 0.192. The van der Waals surface area contributed by atoms with Gasteiger partial charge in [-0.05, 0) is 60.9 Å². The van der Waals surface area contributed by atoms with Gasteiger partial charge < -0.3 is 9.64 Å². The van der Waals surface area contributed by atoms with E-state index >= 15 is 0 Å². The molecule has 3 heterocycles. The van der Waals surface area contributed by atoms with Crippen LogP contribution in [0.1, 0.15) is 28.4 Å². The number of carbonyl (C=O) groups excluding carboxylic acids is 1. The maximum absolute atomic E-state index is 13.7. The van der Waals surface area contributed by atoms with Gasteiger partial charge >= 0.3 is 0 Å². The van der Waals surface area contributed by atoms with Crippen molar-refractivity contribution in [3.8, 4) is 17.0 Å². The molecule has 1 aliphatic rings. The van der Waals surface area contributed by atoms with Crippen LogP contribution in [-0.2, 0) is 13.0 Å². The van der Waals surface area contributed by atoms with Crippen LogP contribution in [0.3, 0.4) is 0 Å². The summed E-state index contributed by atoms with van der Waals surface area (Å²) in [6.45, 7) is 3.88. The van der Waals surface area contributed by atoms with Crippen molar-refractivity contribution >= 4 is 16.8 Å². The first-order valence-corrected chi connectivity index (χ1v) is 10.6. The predicted octanol–water partition coefficient (Wildman–Crippen LogP) is 4.89. The molecule has 0 N–H and O–H groups in total. The molecule has 0 radical (unpaired) electrons. The number of nitrogens with zero attached hydrogens (tertiary/aromatic N) is 3. The first-order chi connectivity index (χ1) is 15.2. The number of pyridine rings is 2. The topological polar surface area (TPSA) is 55.3 Å². The second-order valence-corrected chi connectivity index (χ2v) is 7.65. The smallest absolute Gasteiger partial charge is 0.254 e. The van der Waals surface area contributed by atoms with Crippen LogP contribution in [0, 0.1) is 0 Å². The van der Waals surface area contributed by atoms with Crippen molar-refractivity contribution in [1.29, 1.82) is 0 Å². The van der Waals surface area contributed by atoms with Crippen molar-refractivity contribution in [2.24, 2.45) is 0 Å². The SMILES string of the molecule is CCOc1ccc2c(c1)CN(C(=O)c1cc(-c3ccncc3)nc3ccccc13)CC2. The fourth-order valence-corrected chi connectivity index (χ4v) is 4.16. The van der Waals surface area contributed by atoms with Gasteiger partial charge in [0.2, 0.25) is 0 Å². The van der Waals surface area contributed by atoms with Crippen LogP contribution < -0.4 is 4.74 Å². The van der Waals surface area contributed by atoms with Crippen LogP contribution in [0.25, 0.3) is 22.2 Å². The second-order valence-electron chi connectivity index (χ2n) is 7.65. The lowest BCUT2D eigenvalue weighted by molar-refractivity contribution is 0.0736. The van der Waals surface area contributed by atoms with E-state index in [-0.39, 0.29) is 5.91 Å². The summed E-state index contributed by atoms with van der Waals surface area (Å²) in [7, 11) is 0. The molecule has 4 aromatic rings. The van der Waals surface area contributed by atoms with E-state index in [1.807, 2.05) is 60.4 Å². The van der Waals surface area contributed by atoms with Gasteiger partial charge in [0.25, 0.3) is 5.91 Å². The Bertz CT molecular complexity index is 1250. The lowest BCUT2D eigenvalue weighted by atomic mass is 9.97. The largest absolute Gasteiger partial charge is 0.494 e. The first kappa shape index (κ1) is 19.2. The molecule has 0 spiro atoms. The van der Waals surface area contributed by atoms with E-state index in [0.29, 0.717) is 25.3 Å². The summed E-state index contributed by atoms with van der Waals surface area (Å²) in [5.74, 6) is 0.881. The summed E-state index contributed by atoms with van der Waals surface area (Å²) in [6.07, 6.45) is 4.32. The fourth-order valence-electron chi connectivity index (χ4n) is 4.16. The normalized spacial score (nSPS) is 13.1. The number of hydrogen-bond acceptors (Lipinski definition) is 4. The Labute approximate surface area is 181 Å². The number of benzene rings is 2. The summed E-state index contributed by atoms with van der Waals surface area (Å²) in [6, 6.07) is 19.8. The Morgan fingerprint density at radius 3 is 2.71 bits per heavy atom. The molecule has 5 heteroatoms. The molecular formula is C26H23N3O2. The van der Waals surface area contributed by atoms with Gasteiger partial charge in [-0.15, -0.1) is 0 Å². The highest BCUT2D eigenvalue weighted by Crippen LogP contribution is 2.29. The molecule has 5 nitrogen and oxygen atoms in total. The van der Waals surface area contributed by atoms with Crippen molar-refractivity contribution in [3.05, 3.63) is 89.7 Å². The Kier molecular flexibility index (Phi) is 5.08. The van der Waals surface area contributed by atoms with Crippen molar-refractivity contribution in [2.75, 3.05) is 13.2 Å². The molecule has 0 saturated carbocycles. The minimum atomic E-state index is 0.0290. The maximum Gasteiger partial charge on any atom is 0.254 e. The number of rotatable bonds is 4. The van der Waals surface area contributed by atoms with Crippen LogP contribution in [0.2, 0.25) is 0 Å². The number of para-hydroxylation sites is 1. The van der Waals surface area contributed by atoms with Crippen molar-refractivity contribution in [2.45, 2.75) is 19.9 Å². The van der Waals surface area contributed by atoms with Crippen molar-refractivity contribution in [1.82, 2.24) is 14.9 Å². The molecule has 5 rings (SSSR count). The van der Waals surface area contributed by atoms with E-state index in [9.17, 15) is 4.79 Å². The lowest BCUT2D eigenvalue weighted by Gasteiger charge is -2.29. The number of fused-ring (bicyclic) bond motifs is 2. The van der Waals surface area contributed by atoms with E-state index in [0.717, 1.165) is 39.9 Å².